The molecule has 2 heterocycles. The summed E-state index contributed by atoms with van der Waals surface area (Å²) < 4.78 is 45.5. The van der Waals surface area contributed by atoms with E-state index in [-0.39, 0.29) is 35.4 Å². The standard InChI is InChI=1S/C23H23F3N2O3/c24-17-3-1-2-16(10-17)13-28-15-23(12-21(28)29)6-8-27(9-7-23)22(30)14-31-20-11-18(25)4-5-19(20)26/h1-5,10-11H,6-9,12-15H2. The maximum atomic E-state index is 13.6. The van der Waals surface area contributed by atoms with Crippen LogP contribution in [-0.2, 0) is 16.1 Å². The highest BCUT2D eigenvalue weighted by Gasteiger charge is 2.45. The van der Waals surface area contributed by atoms with Gasteiger partial charge in [-0.05, 0) is 42.7 Å². The third kappa shape index (κ3) is 4.84. The molecule has 2 aromatic carbocycles. The molecule has 4 rings (SSSR count). The molecule has 0 N–H and O–H groups in total. The lowest BCUT2D eigenvalue weighted by molar-refractivity contribution is -0.135. The van der Waals surface area contributed by atoms with Crippen molar-refractivity contribution >= 4 is 11.8 Å². The number of benzene rings is 2. The van der Waals surface area contributed by atoms with Crippen LogP contribution < -0.4 is 4.74 Å². The third-order valence-corrected chi connectivity index (χ3v) is 6.09. The molecule has 1 spiro atoms. The van der Waals surface area contributed by atoms with Gasteiger partial charge in [0.1, 0.15) is 11.6 Å². The van der Waals surface area contributed by atoms with Gasteiger partial charge in [-0.1, -0.05) is 12.1 Å². The van der Waals surface area contributed by atoms with Gasteiger partial charge in [0.2, 0.25) is 5.91 Å². The van der Waals surface area contributed by atoms with Crippen LogP contribution in [0.4, 0.5) is 13.2 Å². The summed E-state index contributed by atoms with van der Waals surface area (Å²) in [4.78, 5) is 28.4. The fourth-order valence-electron chi connectivity index (χ4n) is 4.37. The van der Waals surface area contributed by atoms with Gasteiger partial charge in [-0.25, -0.2) is 13.2 Å². The molecule has 0 unspecified atom stereocenters. The number of rotatable bonds is 5. The Morgan fingerprint density at radius 1 is 1.03 bits per heavy atom. The van der Waals surface area contributed by atoms with Gasteiger partial charge >= 0.3 is 0 Å². The molecule has 2 aromatic rings. The van der Waals surface area contributed by atoms with Crippen molar-refractivity contribution < 1.29 is 27.5 Å². The number of carbonyl (C=O) groups is 2. The Bertz CT molecular complexity index is 990. The first-order valence-electron chi connectivity index (χ1n) is 10.2. The van der Waals surface area contributed by atoms with Gasteiger partial charge in [0.05, 0.1) is 0 Å². The number of likely N-dealkylation sites (tertiary alicyclic amines) is 2. The first-order valence-corrected chi connectivity index (χ1v) is 10.2. The minimum absolute atomic E-state index is 0.0361. The van der Waals surface area contributed by atoms with Gasteiger partial charge in [-0.2, -0.15) is 0 Å². The number of nitrogens with zero attached hydrogens (tertiary/aromatic N) is 2. The summed E-state index contributed by atoms with van der Waals surface area (Å²) in [5.41, 5.74) is 0.552. The van der Waals surface area contributed by atoms with Crippen LogP contribution in [0.2, 0.25) is 0 Å². The van der Waals surface area contributed by atoms with E-state index in [4.69, 9.17) is 4.74 Å². The van der Waals surface area contributed by atoms with Crippen LogP contribution >= 0.6 is 0 Å². The van der Waals surface area contributed by atoms with Crippen molar-refractivity contribution in [2.75, 3.05) is 26.2 Å². The minimum atomic E-state index is -0.727. The van der Waals surface area contributed by atoms with Crippen molar-refractivity contribution in [3.63, 3.8) is 0 Å². The summed E-state index contributed by atoms with van der Waals surface area (Å²) in [5.74, 6) is -2.26. The lowest BCUT2D eigenvalue weighted by atomic mass is 9.77. The monoisotopic (exact) mass is 432 g/mol. The minimum Gasteiger partial charge on any atom is -0.481 e. The molecule has 2 amide bonds. The van der Waals surface area contributed by atoms with E-state index >= 15 is 0 Å². The number of piperidine rings is 1. The summed E-state index contributed by atoms with van der Waals surface area (Å²) in [6.07, 6.45) is 1.74. The second-order valence-electron chi connectivity index (χ2n) is 8.30. The lowest BCUT2D eigenvalue weighted by Crippen LogP contribution is -2.45. The topological polar surface area (TPSA) is 49.9 Å². The number of ether oxygens (including phenoxy) is 1. The van der Waals surface area contributed by atoms with Crippen molar-refractivity contribution in [2.45, 2.75) is 25.8 Å². The van der Waals surface area contributed by atoms with E-state index in [0.717, 1.165) is 23.8 Å². The van der Waals surface area contributed by atoms with E-state index in [1.54, 1.807) is 21.9 Å². The van der Waals surface area contributed by atoms with Crippen molar-refractivity contribution in [3.05, 3.63) is 65.5 Å². The molecule has 0 aliphatic carbocycles. The molecule has 2 saturated heterocycles. The molecule has 31 heavy (non-hydrogen) atoms. The molecular weight excluding hydrogens is 409 g/mol. The van der Waals surface area contributed by atoms with Gasteiger partial charge < -0.3 is 14.5 Å². The fourth-order valence-corrected chi connectivity index (χ4v) is 4.37. The fraction of sp³-hybridized carbons (Fsp3) is 0.391. The van der Waals surface area contributed by atoms with Crippen LogP contribution in [0, 0.1) is 22.9 Å². The lowest BCUT2D eigenvalue weighted by Gasteiger charge is -2.38. The summed E-state index contributed by atoms with van der Waals surface area (Å²) in [7, 11) is 0. The Kier molecular flexibility index (Phi) is 5.89. The van der Waals surface area contributed by atoms with E-state index in [0.29, 0.717) is 45.4 Å². The highest BCUT2D eigenvalue weighted by atomic mass is 19.1. The normalized spacial score (nSPS) is 18.0. The molecule has 164 valence electrons. The van der Waals surface area contributed by atoms with Gasteiger partial charge in [-0.15, -0.1) is 0 Å². The number of hydrogen-bond donors (Lipinski definition) is 0. The maximum absolute atomic E-state index is 13.6. The van der Waals surface area contributed by atoms with E-state index in [2.05, 4.69) is 0 Å². The summed E-state index contributed by atoms with van der Waals surface area (Å²) in [5, 5.41) is 0. The quantitative estimate of drug-likeness (QED) is 0.727. The average molecular weight is 432 g/mol. The predicted octanol–water partition coefficient (Wildman–Crippen LogP) is 3.52. The van der Waals surface area contributed by atoms with Crippen LogP contribution in [0.15, 0.2) is 42.5 Å². The number of hydrogen-bond acceptors (Lipinski definition) is 3. The summed E-state index contributed by atoms with van der Waals surface area (Å²) in [6.45, 7) is 1.51. The van der Waals surface area contributed by atoms with Crippen molar-refractivity contribution in [2.24, 2.45) is 5.41 Å². The Morgan fingerprint density at radius 3 is 2.52 bits per heavy atom. The molecule has 0 atom stereocenters. The Labute approximate surface area is 178 Å². The molecular formula is C23H23F3N2O3. The molecule has 0 bridgehead atoms. The van der Waals surface area contributed by atoms with E-state index in [1.165, 1.54) is 12.1 Å². The largest absolute Gasteiger partial charge is 0.481 e. The van der Waals surface area contributed by atoms with Crippen LogP contribution in [0.25, 0.3) is 0 Å². The number of carbonyl (C=O) groups excluding carboxylic acids is 2. The smallest absolute Gasteiger partial charge is 0.260 e. The van der Waals surface area contributed by atoms with Crippen LogP contribution in [-0.4, -0.2) is 47.9 Å². The maximum Gasteiger partial charge on any atom is 0.260 e. The molecule has 5 nitrogen and oxygen atoms in total. The Balaban J connectivity index is 1.30. The number of halogens is 3. The van der Waals surface area contributed by atoms with Gasteiger partial charge in [0.25, 0.3) is 5.91 Å². The van der Waals surface area contributed by atoms with E-state index in [9.17, 15) is 22.8 Å². The zero-order chi connectivity index (χ0) is 22.0. The molecule has 2 aliphatic rings. The molecule has 0 saturated carbocycles. The first-order chi connectivity index (χ1) is 14.8. The van der Waals surface area contributed by atoms with E-state index in [1.807, 2.05) is 0 Å². The average Bonchev–Trinajstić information content (AvgIpc) is 3.03. The third-order valence-electron chi connectivity index (χ3n) is 6.09. The van der Waals surface area contributed by atoms with Crippen LogP contribution in [0.1, 0.15) is 24.8 Å². The highest BCUT2D eigenvalue weighted by Crippen LogP contribution is 2.41. The molecule has 2 aliphatic heterocycles. The zero-order valence-electron chi connectivity index (χ0n) is 17.0. The van der Waals surface area contributed by atoms with Gasteiger partial charge in [-0.3, -0.25) is 9.59 Å². The molecule has 2 fully saturated rings. The highest BCUT2D eigenvalue weighted by molar-refractivity contribution is 5.80. The Hall–Kier alpha value is -3.03. The van der Waals surface area contributed by atoms with Crippen molar-refractivity contribution in [3.8, 4) is 5.75 Å². The second kappa shape index (κ2) is 8.61. The summed E-state index contributed by atoms with van der Waals surface area (Å²) >= 11 is 0. The van der Waals surface area contributed by atoms with Gasteiger partial charge in [0.15, 0.2) is 18.2 Å². The van der Waals surface area contributed by atoms with Crippen molar-refractivity contribution in [1.29, 1.82) is 0 Å². The van der Waals surface area contributed by atoms with Crippen LogP contribution in [0.5, 0.6) is 5.75 Å². The summed E-state index contributed by atoms with van der Waals surface area (Å²) in [6, 6.07) is 9.07. The SMILES string of the molecule is O=C(COc1cc(F)ccc1F)N1CCC2(CC1)CC(=O)N(Cc1cccc(F)c1)C2. The van der Waals surface area contributed by atoms with E-state index < -0.39 is 11.6 Å². The van der Waals surface area contributed by atoms with Crippen LogP contribution in [0.3, 0.4) is 0 Å². The van der Waals surface area contributed by atoms with Crippen molar-refractivity contribution in [1.82, 2.24) is 9.80 Å². The predicted molar refractivity (Wildman–Crippen MR) is 107 cm³/mol. The zero-order valence-corrected chi connectivity index (χ0v) is 17.0. The second-order valence-corrected chi connectivity index (χ2v) is 8.30. The molecule has 0 aromatic heterocycles. The molecule has 8 heteroatoms. The first kappa shape index (κ1) is 21.2. The van der Waals surface area contributed by atoms with Gasteiger partial charge in [0, 0.05) is 44.1 Å². The number of amides is 2. The molecule has 0 radical (unpaired) electrons. The Morgan fingerprint density at radius 2 is 1.77 bits per heavy atom.